The van der Waals surface area contributed by atoms with Crippen molar-refractivity contribution in [1.82, 2.24) is 0 Å². The van der Waals surface area contributed by atoms with Crippen molar-refractivity contribution in [3.8, 4) is 0 Å². The van der Waals surface area contributed by atoms with Crippen LogP contribution >= 0.6 is 0 Å². The molecule has 1 fully saturated rings. The molecule has 0 amide bonds. The minimum atomic E-state index is -1.33. The zero-order chi connectivity index (χ0) is 9.30. The van der Waals surface area contributed by atoms with Crippen LogP contribution in [0.1, 0.15) is 6.42 Å². The lowest BCUT2D eigenvalue weighted by atomic mass is 9.87. The van der Waals surface area contributed by atoms with E-state index in [1.807, 2.05) is 0 Å². The molecule has 0 spiro atoms. The van der Waals surface area contributed by atoms with E-state index in [4.69, 9.17) is 14.9 Å². The van der Waals surface area contributed by atoms with Crippen LogP contribution in [0.5, 0.6) is 0 Å². The van der Waals surface area contributed by atoms with Crippen molar-refractivity contribution in [1.29, 1.82) is 0 Å². The topological polar surface area (TPSA) is 90.2 Å². The summed E-state index contributed by atoms with van der Waals surface area (Å²) in [5, 5.41) is 36.7. The summed E-state index contributed by atoms with van der Waals surface area (Å²) in [6, 6.07) is 0. The van der Waals surface area contributed by atoms with Gasteiger partial charge in [0.25, 0.3) is 0 Å². The second-order valence-electron chi connectivity index (χ2n) is 3.05. The maximum absolute atomic E-state index is 9.28. The summed E-state index contributed by atoms with van der Waals surface area (Å²) in [6.07, 6.45) is -5.26. The molecule has 0 bridgehead atoms. The first kappa shape index (κ1) is 9.88. The third kappa shape index (κ3) is 1.60. The maximum Gasteiger partial charge on any atom is 0.111 e. The van der Waals surface area contributed by atoms with E-state index in [2.05, 4.69) is 0 Å². The molecule has 0 radical (unpaired) electrons. The van der Waals surface area contributed by atoms with Crippen LogP contribution in [0.25, 0.3) is 0 Å². The number of aliphatic hydroxyl groups is 4. The molecule has 0 heterocycles. The SMILES string of the molecule is CO[C@H]1C[C@@H](O)[C@H](O)[C@H](O)[C@H]1O. The largest absolute Gasteiger partial charge is 0.390 e. The van der Waals surface area contributed by atoms with Gasteiger partial charge in [0, 0.05) is 13.5 Å². The van der Waals surface area contributed by atoms with Gasteiger partial charge in [-0.2, -0.15) is 0 Å². The average molecular weight is 178 g/mol. The van der Waals surface area contributed by atoms with Crippen molar-refractivity contribution >= 4 is 0 Å². The van der Waals surface area contributed by atoms with Crippen molar-refractivity contribution < 1.29 is 25.2 Å². The molecule has 1 rings (SSSR count). The van der Waals surface area contributed by atoms with Gasteiger partial charge in [0.1, 0.15) is 18.3 Å². The Morgan fingerprint density at radius 2 is 1.58 bits per heavy atom. The molecule has 0 aliphatic heterocycles. The van der Waals surface area contributed by atoms with Crippen LogP contribution in [0.3, 0.4) is 0 Å². The molecule has 72 valence electrons. The van der Waals surface area contributed by atoms with Crippen LogP contribution in [0.15, 0.2) is 0 Å². The maximum atomic E-state index is 9.28. The normalized spacial score (nSPS) is 49.2. The van der Waals surface area contributed by atoms with Gasteiger partial charge >= 0.3 is 0 Å². The fourth-order valence-corrected chi connectivity index (χ4v) is 1.40. The molecule has 1 saturated carbocycles. The Bertz CT molecular complexity index is 146. The monoisotopic (exact) mass is 178 g/mol. The van der Waals surface area contributed by atoms with Crippen LogP contribution in [-0.2, 0) is 4.74 Å². The number of aliphatic hydroxyl groups excluding tert-OH is 4. The summed E-state index contributed by atoms with van der Waals surface area (Å²) in [6.45, 7) is 0. The number of hydrogen-bond acceptors (Lipinski definition) is 5. The van der Waals surface area contributed by atoms with Gasteiger partial charge in [-0.3, -0.25) is 0 Å². The lowest BCUT2D eigenvalue weighted by molar-refractivity contribution is -0.183. The molecule has 5 atom stereocenters. The second kappa shape index (κ2) is 3.68. The van der Waals surface area contributed by atoms with Crippen molar-refractivity contribution in [2.24, 2.45) is 0 Å². The summed E-state index contributed by atoms with van der Waals surface area (Å²) in [4.78, 5) is 0. The van der Waals surface area contributed by atoms with Gasteiger partial charge in [-0.05, 0) is 0 Å². The van der Waals surface area contributed by atoms with E-state index >= 15 is 0 Å². The molecule has 0 saturated heterocycles. The van der Waals surface area contributed by atoms with Gasteiger partial charge in [0.05, 0.1) is 12.2 Å². The van der Waals surface area contributed by atoms with Crippen LogP contribution in [0.4, 0.5) is 0 Å². The summed E-state index contributed by atoms with van der Waals surface area (Å²) in [5.41, 5.74) is 0. The standard InChI is InChI=1S/C7H14O5/c1-12-4-2-3(8)5(9)7(11)6(4)10/h3-11H,2H2,1H3/t3-,4+,5+,6+,7+/m1/s1. The highest BCUT2D eigenvalue weighted by molar-refractivity contribution is 4.93. The molecular formula is C7H14O5. The van der Waals surface area contributed by atoms with Gasteiger partial charge in [-0.1, -0.05) is 0 Å². The summed E-state index contributed by atoms with van der Waals surface area (Å²) >= 11 is 0. The first-order valence-electron chi connectivity index (χ1n) is 3.83. The van der Waals surface area contributed by atoms with E-state index in [0.29, 0.717) is 0 Å². The lowest BCUT2D eigenvalue weighted by Crippen LogP contribution is -2.56. The Morgan fingerprint density at radius 1 is 1.00 bits per heavy atom. The Labute approximate surface area is 70.2 Å². The molecular weight excluding hydrogens is 164 g/mol. The fraction of sp³-hybridized carbons (Fsp3) is 1.00. The number of methoxy groups -OCH3 is 1. The zero-order valence-corrected chi connectivity index (χ0v) is 6.79. The molecule has 4 N–H and O–H groups in total. The van der Waals surface area contributed by atoms with E-state index in [9.17, 15) is 10.2 Å². The van der Waals surface area contributed by atoms with Crippen LogP contribution in [-0.4, -0.2) is 58.1 Å². The predicted octanol–water partition coefficient (Wildman–Crippen LogP) is -2.15. The van der Waals surface area contributed by atoms with Gasteiger partial charge in [0.2, 0.25) is 0 Å². The lowest BCUT2D eigenvalue weighted by Gasteiger charge is -2.37. The Hall–Kier alpha value is -0.200. The minimum absolute atomic E-state index is 0.135. The van der Waals surface area contributed by atoms with Crippen molar-refractivity contribution in [2.75, 3.05) is 7.11 Å². The Balaban J connectivity index is 2.63. The molecule has 0 unspecified atom stereocenters. The first-order valence-corrected chi connectivity index (χ1v) is 3.83. The number of hydrogen-bond donors (Lipinski definition) is 4. The third-order valence-electron chi connectivity index (χ3n) is 2.25. The highest BCUT2D eigenvalue weighted by atomic mass is 16.5. The van der Waals surface area contributed by atoms with Crippen LogP contribution < -0.4 is 0 Å². The molecule has 12 heavy (non-hydrogen) atoms. The van der Waals surface area contributed by atoms with Gasteiger partial charge in [-0.15, -0.1) is 0 Å². The molecule has 5 nitrogen and oxygen atoms in total. The Morgan fingerprint density at radius 3 is 2.08 bits per heavy atom. The van der Waals surface area contributed by atoms with Crippen molar-refractivity contribution in [3.05, 3.63) is 0 Å². The van der Waals surface area contributed by atoms with Gasteiger partial charge in [0.15, 0.2) is 0 Å². The average Bonchev–Trinajstić information content (AvgIpc) is 2.08. The zero-order valence-electron chi connectivity index (χ0n) is 6.79. The Kier molecular flexibility index (Phi) is 3.03. The van der Waals surface area contributed by atoms with Crippen molar-refractivity contribution in [3.63, 3.8) is 0 Å². The van der Waals surface area contributed by atoms with Gasteiger partial charge in [-0.25, -0.2) is 0 Å². The summed E-state index contributed by atoms with van der Waals surface area (Å²) < 4.78 is 4.81. The highest BCUT2D eigenvalue weighted by Crippen LogP contribution is 2.22. The van der Waals surface area contributed by atoms with E-state index in [1.165, 1.54) is 7.11 Å². The van der Waals surface area contributed by atoms with Gasteiger partial charge < -0.3 is 25.2 Å². The van der Waals surface area contributed by atoms with Crippen LogP contribution in [0, 0.1) is 0 Å². The molecule has 1 aliphatic rings. The van der Waals surface area contributed by atoms with Crippen molar-refractivity contribution in [2.45, 2.75) is 36.9 Å². The van der Waals surface area contributed by atoms with E-state index in [1.54, 1.807) is 0 Å². The van der Waals surface area contributed by atoms with Crippen LogP contribution in [0.2, 0.25) is 0 Å². The minimum Gasteiger partial charge on any atom is -0.390 e. The van der Waals surface area contributed by atoms with E-state index < -0.39 is 30.5 Å². The quantitative estimate of drug-likeness (QED) is 0.367. The molecule has 1 aliphatic carbocycles. The molecule has 0 aromatic carbocycles. The van der Waals surface area contributed by atoms with E-state index in [-0.39, 0.29) is 6.42 Å². The third-order valence-corrected chi connectivity index (χ3v) is 2.25. The molecule has 0 aromatic rings. The fourth-order valence-electron chi connectivity index (χ4n) is 1.40. The van der Waals surface area contributed by atoms with E-state index in [0.717, 1.165) is 0 Å². The molecule has 5 heteroatoms. The summed E-state index contributed by atoms with van der Waals surface area (Å²) in [5.74, 6) is 0. The summed E-state index contributed by atoms with van der Waals surface area (Å²) in [7, 11) is 1.38. The molecule has 0 aromatic heterocycles. The second-order valence-corrected chi connectivity index (χ2v) is 3.05. The smallest absolute Gasteiger partial charge is 0.111 e. The predicted molar refractivity (Wildman–Crippen MR) is 39.4 cm³/mol. The highest BCUT2D eigenvalue weighted by Gasteiger charge is 2.41. The number of rotatable bonds is 1. The number of ether oxygens (including phenoxy) is 1. The first-order chi connectivity index (χ1) is 5.57.